The van der Waals surface area contributed by atoms with Gasteiger partial charge in [-0.25, -0.2) is 0 Å². The Hall–Kier alpha value is -0.500. The zero-order valence-corrected chi connectivity index (χ0v) is 9.59. The van der Waals surface area contributed by atoms with Gasteiger partial charge in [-0.3, -0.25) is 0 Å². The largest absolute Gasteiger partial charge is 0.499 e. The molecule has 0 unspecified atom stereocenters. The number of hydrogen-bond acceptors (Lipinski definition) is 2. The van der Waals surface area contributed by atoms with E-state index in [2.05, 4.69) is 13.0 Å². The standard InChI is InChI=1S/C12H24O2/c1-3-4-11-14-12(2)9-7-5-6-8-10-13/h9,13H,3-8,10-11H2,1-2H3. The Balaban J connectivity index is 3.27. The van der Waals surface area contributed by atoms with Crippen LogP contribution in [0.25, 0.3) is 0 Å². The molecule has 0 aliphatic carbocycles. The SMILES string of the molecule is CCCCOC(C)=CCCCCCO. The Morgan fingerprint density at radius 1 is 1.21 bits per heavy atom. The van der Waals surface area contributed by atoms with Crippen LogP contribution in [0.5, 0.6) is 0 Å². The molecule has 14 heavy (non-hydrogen) atoms. The molecule has 2 nitrogen and oxygen atoms in total. The summed E-state index contributed by atoms with van der Waals surface area (Å²) in [6, 6.07) is 0. The summed E-state index contributed by atoms with van der Waals surface area (Å²) in [5, 5.41) is 8.58. The first-order valence-corrected chi connectivity index (χ1v) is 5.71. The molecule has 0 saturated heterocycles. The number of unbranched alkanes of at least 4 members (excludes halogenated alkanes) is 4. The number of allylic oxidation sites excluding steroid dienone is 2. The van der Waals surface area contributed by atoms with E-state index in [0.717, 1.165) is 44.5 Å². The molecular weight excluding hydrogens is 176 g/mol. The minimum absolute atomic E-state index is 0.315. The highest BCUT2D eigenvalue weighted by atomic mass is 16.5. The Morgan fingerprint density at radius 3 is 2.64 bits per heavy atom. The molecule has 0 aromatic rings. The predicted molar refractivity (Wildman–Crippen MR) is 60.2 cm³/mol. The van der Waals surface area contributed by atoms with Crippen molar-refractivity contribution in [3.63, 3.8) is 0 Å². The summed E-state index contributed by atoms with van der Waals surface area (Å²) in [5.41, 5.74) is 0. The second-order valence-electron chi connectivity index (χ2n) is 3.59. The molecule has 0 aromatic heterocycles. The van der Waals surface area contributed by atoms with Crippen LogP contribution >= 0.6 is 0 Å². The highest BCUT2D eigenvalue weighted by molar-refractivity contribution is 4.87. The number of rotatable bonds is 9. The number of hydrogen-bond donors (Lipinski definition) is 1. The summed E-state index contributed by atoms with van der Waals surface area (Å²) >= 11 is 0. The lowest BCUT2D eigenvalue weighted by atomic mass is 10.2. The first-order valence-electron chi connectivity index (χ1n) is 5.71. The second-order valence-corrected chi connectivity index (χ2v) is 3.59. The lowest BCUT2D eigenvalue weighted by Gasteiger charge is -2.04. The van der Waals surface area contributed by atoms with Crippen LogP contribution < -0.4 is 0 Å². The van der Waals surface area contributed by atoms with E-state index in [-0.39, 0.29) is 0 Å². The molecule has 0 aromatic carbocycles. The van der Waals surface area contributed by atoms with E-state index in [1.54, 1.807) is 0 Å². The van der Waals surface area contributed by atoms with Gasteiger partial charge in [-0.2, -0.15) is 0 Å². The average molecular weight is 200 g/mol. The van der Waals surface area contributed by atoms with Gasteiger partial charge in [0.05, 0.1) is 12.4 Å². The van der Waals surface area contributed by atoms with Crippen LogP contribution in [-0.4, -0.2) is 18.3 Å². The Labute approximate surface area is 88.0 Å². The summed E-state index contributed by atoms with van der Waals surface area (Å²) in [4.78, 5) is 0. The van der Waals surface area contributed by atoms with Crippen LogP contribution in [-0.2, 0) is 4.74 Å². The van der Waals surface area contributed by atoms with E-state index in [4.69, 9.17) is 9.84 Å². The Kier molecular flexibility index (Phi) is 10.2. The van der Waals surface area contributed by atoms with E-state index in [1.807, 2.05) is 6.92 Å². The number of ether oxygens (including phenoxy) is 1. The fraction of sp³-hybridized carbons (Fsp3) is 0.833. The molecule has 0 rings (SSSR count). The summed E-state index contributed by atoms with van der Waals surface area (Å²) in [6.07, 6.45) is 8.71. The van der Waals surface area contributed by atoms with Crippen molar-refractivity contribution in [1.29, 1.82) is 0 Å². The van der Waals surface area contributed by atoms with Crippen molar-refractivity contribution in [3.8, 4) is 0 Å². The Morgan fingerprint density at radius 2 is 2.00 bits per heavy atom. The topological polar surface area (TPSA) is 29.5 Å². The summed E-state index contributed by atoms with van der Waals surface area (Å²) in [5.74, 6) is 1.04. The summed E-state index contributed by atoms with van der Waals surface area (Å²) < 4.78 is 5.50. The molecule has 2 heteroatoms. The van der Waals surface area contributed by atoms with Crippen molar-refractivity contribution >= 4 is 0 Å². The fourth-order valence-corrected chi connectivity index (χ4v) is 1.17. The van der Waals surface area contributed by atoms with Gasteiger partial charge in [0.25, 0.3) is 0 Å². The van der Waals surface area contributed by atoms with Gasteiger partial charge >= 0.3 is 0 Å². The van der Waals surface area contributed by atoms with Gasteiger partial charge in [-0.1, -0.05) is 19.8 Å². The van der Waals surface area contributed by atoms with Crippen molar-refractivity contribution in [3.05, 3.63) is 11.8 Å². The summed E-state index contributed by atoms with van der Waals surface area (Å²) in [6.45, 7) is 5.34. The maximum absolute atomic E-state index is 8.58. The molecule has 1 N–H and O–H groups in total. The van der Waals surface area contributed by atoms with E-state index < -0.39 is 0 Å². The van der Waals surface area contributed by atoms with E-state index in [0.29, 0.717) is 6.61 Å². The smallest absolute Gasteiger partial charge is 0.0889 e. The van der Waals surface area contributed by atoms with Gasteiger partial charge in [0.2, 0.25) is 0 Å². The predicted octanol–water partition coefficient (Wildman–Crippen LogP) is 3.26. The molecule has 0 bridgehead atoms. The van der Waals surface area contributed by atoms with Crippen molar-refractivity contribution in [2.24, 2.45) is 0 Å². The average Bonchev–Trinajstić information content (AvgIpc) is 2.18. The Bertz CT molecular complexity index is 141. The number of aliphatic hydroxyl groups excluding tert-OH is 1. The van der Waals surface area contributed by atoms with Crippen LogP contribution in [0.3, 0.4) is 0 Å². The normalized spacial score (nSPS) is 11.8. The second kappa shape index (κ2) is 10.6. The highest BCUT2D eigenvalue weighted by Crippen LogP contribution is 2.05. The van der Waals surface area contributed by atoms with Gasteiger partial charge in [-0.15, -0.1) is 0 Å². The lowest BCUT2D eigenvalue weighted by molar-refractivity contribution is 0.208. The van der Waals surface area contributed by atoms with Gasteiger partial charge in [0.1, 0.15) is 0 Å². The molecule has 0 aliphatic rings. The van der Waals surface area contributed by atoms with E-state index >= 15 is 0 Å². The minimum atomic E-state index is 0.315. The van der Waals surface area contributed by atoms with Crippen molar-refractivity contribution in [1.82, 2.24) is 0 Å². The van der Waals surface area contributed by atoms with Crippen molar-refractivity contribution in [2.75, 3.05) is 13.2 Å². The molecule has 0 amide bonds. The van der Waals surface area contributed by atoms with Crippen LogP contribution in [0.2, 0.25) is 0 Å². The van der Waals surface area contributed by atoms with Crippen molar-refractivity contribution in [2.45, 2.75) is 52.4 Å². The molecule has 0 atom stereocenters. The van der Waals surface area contributed by atoms with Gasteiger partial charge in [0, 0.05) is 6.61 Å². The summed E-state index contributed by atoms with van der Waals surface area (Å²) in [7, 11) is 0. The third kappa shape index (κ3) is 9.59. The molecule has 0 aliphatic heterocycles. The number of aliphatic hydroxyl groups is 1. The molecule has 0 heterocycles. The van der Waals surface area contributed by atoms with E-state index in [9.17, 15) is 0 Å². The van der Waals surface area contributed by atoms with Gasteiger partial charge in [-0.05, 0) is 38.7 Å². The van der Waals surface area contributed by atoms with Crippen molar-refractivity contribution < 1.29 is 9.84 Å². The first-order chi connectivity index (χ1) is 6.81. The third-order valence-electron chi connectivity index (χ3n) is 2.12. The zero-order chi connectivity index (χ0) is 10.6. The van der Waals surface area contributed by atoms with Crippen LogP contribution in [0, 0.1) is 0 Å². The molecule has 0 spiro atoms. The van der Waals surface area contributed by atoms with Gasteiger partial charge < -0.3 is 9.84 Å². The molecule has 0 radical (unpaired) electrons. The lowest BCUT2D eigenvalue weighted by Crippen LogP contribution is -1.91. The van der Waals surface area contributed by atoms with Crippen LogP contribution in [0.15, 0.2) is 11.8 Å². The molecule has 0 saturated carbocycles. The molecule has 84 valence electrons. The maximum atomic E-state index is 8.58. The van der Waals surface area contributed by atoms with Crippen LogP contribution in [0.4, 0.5) is 0 Å². The zero-order valence-electron chi connectivity index (χ0n) is 9.59. The molecular formula is C12H24O2. The monoisotopic (exact) mass is 200 g/mol. The van der Waals surface area contributed by atoms with Gasteiger partial charge in [0.15, 0.2) is 0 Å². The minimum Gasteiger partial charge on any atom is -0.499 e. The third-order valence-corrected chi connectivity index (χ3v) is 2.12. The highest BCUT2D eigenvalue weighted by Gasteiger charge is 1.90. The quantitative estimate of drug-likeness (QED) is 0.457. The van der Waals surface area contributed by atoms with Crippen LogP contribution in [0.1, 0.15) is 52.4 Å². The first kappa shape index (κ1) is 13.5. The molecule has 0 fully saturated rings. The van der Waals surface area contributed by atoms with E-state index in [1.165, 1.54) is 6.42 Å². The maximum Gasteiger partial charge on any atom is 0.0889 e. The fourth-order valence-electron chi connectivity index (χ4n) is 1.17.